The minimum Gasteiger partial charge on any atom is -0.480 e. The van der Waals surface area contributed by atoms with E-state index >= 15 is 0 Å². The zero-order chi connectivity index (χ0) is 15.4. The van der Waals surface area contributed by atoms with Crippen LogP contribution < -0.4 is 10.4 Å². The van der Waals surface area contributed by atoms with Gasteiger partial charge in [0.1, 0.15) is 5.82 Å². The minimum atomic E-state index is -1.17. The predicted octanol–water partition coefficient (Wildman–Crippen LogP) is 1.27. The number of carboxylic acid groups (broad SMARTS) is 1. The molecule has 1 amide bonds. The summed E-state index contributed by atoms with van der Waals surface area (Å²) in [5.74, 6) is 0.934. The number of methoxy groups -OCH3 is 1. The minimum absolute atomic E-state index is 0.291. The Morgan fingerprint density at radius 1 is 1.33 bits per heavy atom. The molecule has 1 aromatic carbocycles. The van der Waals surface area contributed by atoms with E-state index in [1.807, 2.05) is 20.2 Å². The average Bonchev–Trinajstić information content (AvgIpc) is 2.47. The van der Waals surface area contributed by atoms with E-state index in [-0.39, 0.29) is 0 Å². The van der Waals surface area contributed by atoms with Crippen LogP contribution in [0, 0.1) is 0 Å². The Balaban J connectivity index is 2.36. The highest BCUT2D eigenvalue weighted by Gasteiger charge is 2.26. The first-order valence-corrected chi connectivity index (χ1v) is 6.19. The molecule has 0 radical (unpaired) electrons. The number of hydrazone groups is 1. The highest BCUT2D eigenvalue weighted by molar-refractivity contribution is 5.90. The third-order valence-electron chi connectivity index (χ3n) is 2.73. The van der Waals surface area contributed by atoms with E-state index in [1.54, 1.807) is 35.2 Å². The summed E-state index contributed by atoms with van der Waals surface area (Å²) in [4.78, 5) is 13.4. The highest BCUT2D eigenvalue weighted by atomic mass is 16.5. The summed E-state index contributed by atoms with van der Waals surface area (Å²) in [6.07, 6.45) is 0.495. The van der Waals surface area contributed by atoms with Crippen LogP contribution >= 0.6 is 0 Å². The van der Waals surface area contributed by atoms with Crippen molar-refractivity contribution in [1.82, 2.24) is 15.6 Å². The monoisotopic (exact) mass is 291 g/mol. The van der Waals surface area contributed by atoms with Crippen LogP contribution in [-0.4, -0.2) is 48.4 Å². The Morgan fingerprint density at radius 2 is 2.00 bits per heavy atom. The molecule has 0 aliphatic carbocycles. The van der Waals surface area contributed by atoms with Gasteiger partial charge in [0.05, 0.1) is 12.8 Å². The number of anilines is 1. The Bertz CT molecular complexity index is 570. The smallest absolute Gasteiger partial charge is 0.434 e. The van der Waals surface area contributed by atoms with Gasteiger partial charge in [-0.2, -0.15) is 0 Å². The maximum absolute atomic E-state index is 11.6. The van der Waals surface area contributed by atoms with Gasteiger partial charge in [0.2, 0.25) is 5.90 Å². The molecule has 1 aromatic rings. The van der Waals surface area contributed by atoms with Gasteiger partial charge in [0.25, 0.3) is 0 Å². The fourth-order valence-electron chi connectivity index (χ4n) is 1.69. The molecule has 0 saturated carbocycles. The van der Waals surface area contributed by atoms with Crippen molar-refractivity contribution in [3.8, 4) is 0 Å². The molecule has 1 heterocycles. The number of amides is 1. The zero-order valence-electron chi connectivity index (χ0n) is 12.0. The fraction of sp³-hybridized carbons (Fsp3) is 0.231. The molecule has 0 saturated heterocycles. The highest BCUT2D eigenvalue weighted by Crippen LogP contribution is 2.18. The molecule has 0 unspecified atom stereocenters. The third kappa shape index (κ3) is 3.16. The van der Waals surface area contributed by atoms with Gasteiger partial charge in [-0.1, -0.05) is 28.5 Å². The predicted molar refractivity (Wildman–Crippen MR) is 78.1 cm³/mol. The van der Waals surface area contributed by atoms with Gasteiger partial charge in [-0.3, -0.25) is 0 Å². The molecular formula is C13H17N5O3. The van der Waals surface area contributed by atoms with Gasteiger partial charge < -0.3 is 14.7 Å². The lowest BCUT2D eigenvalue weighted by Gasteiger charge is -2.34. The first-order chi connectivity index (χ1) is 10.0. The van der Waals surface area contributed by atoms with E-state index in [0.29, 0.717) is 17.4 Å². The van der Waals surface area contributed by atoms with E-state index in [1.165, 1.54) is 7.11 Å². The first-order valence-electron chi connectivity index (χ1n) is 6.19. The second kappa shape index (κ2) is 6.04. The number of rotatable bonds is 3. The van der Waals surface area contributed by atoms with Crippen molar-refractivity contribution in [3.63, 3.8) is 0 Å². The lowest BCUT2D eigenvalue weighted by Crippen LogP contribution is -2.53. The van der Waals surface area contributed by atoms with Gasteiger partial charge in [-0.25, -0.2) is 10.2 Å². The second-order valence-electron chi connectivity index (χ2n) is 4.40. The molecule has 8 heteroatoms. The maximum Gasteiger partial charge on any atom is 0.434 e. The van der Waals surface area contributed by atoms with Crippen LogP contribution in [-0.2, 0) is 4.74 Å². The summed E-state index contributed by atoms with van der Waals surface area (Å²) >= 11 is 0. The van der Waals surface area contributed by atoms with Crippen LogP contribution in [0.2, 0.25) is 0 Å². The number of hydrazine groups is 2. The molecule has 1 aliphatic rings. The summed E-state index contributed by atoms with van der Waals surface area (Å²) in [6, 6.07) is 8.65. The van der Waals surface area contributed by atoms with Crippen LogP contribution in [0.15, 0.2) is 47.3 Å². The van der Waals surface area contributed by atoms with Gasteiger partial charge in [-0.15, -0.1) is 5.01 Å². The summed E-state index contributed by atoms with van der Waals surface area (Å²) in [5, 5.41) is 15.7. The van der Waals surface area contributed by atoms with E-state index < -0.39 is 6.09 Å². The number of nitrogens with one attached hydrogen (secondary N) is 1. The molecule has 2 rings (SSSR count). The molecule has 8 nitrogen and oxygen atoms in total. The van der Waals surface area contributed by atoms with Crippen LogP contribution in [0.1, 0.15) is 0 Å². The van der Waals surface area contributed by atoms with Crippen molar-refractivity contribution in [2.45, 2.75) is 0 Å². The van der Waals surface area contributed by atoms with Crippen molar-refractivity contribution in [2.24, 2.45) is 5.10 Å². The molecule has 21 heavy (non-hydrogen) atoms. The summed E-state index contributed by atoms with van der Waals surface area (Å²) in [7, 11) is 5.12. The molecular weight excluding hydrogens is 274 g/mol. The second-order valence-corrected chi connectivity index (χ2v) is 4.40. The molecule has 0 fully saturated rings. The Kier molecular flexibility index (Phi) is 4.17. The Labute approximate surface area is 122 Å². The van der Waals surface area contributed by atoms with E-state index in [9.17, 15) is 9.90 Å². The van der Waals surface area contributed by atoms with Crippen molar-refractivity contribution in [2.75, 3.05) is 26.2 Å². The summed E-state index contributed by atoms with van der Waals surface area (Å²) < 4.78 is 5.11. The summed E-state index contributed by atoms with van der Waals surface area (Å²) in [6.45, 7) is 0. The van der Waals surface area contributed by atoms with Crippen molar-refractivity contribution >= 4 is 17.7 Å². The average molecular weight is 291 g/mol. The number of ether oxygens (including phenoxy) is 1. The van der Waals surface area contributed by atoms with Gasteiger partial charge >= 0.3 is 6.09 Å². The number of hydrogen-bond donors (Lipinski definition) is 2. The molecule has 0 atom stereocenters. The maximum atomic E-state index is 11.6. The van der Waals surface area contributed by atoms with Crippen molar-refractivity contribution in [3.05, 3.63) is 42.2 Å². The number of para-hydroxylation sites is 1. The van der Waals surface area contributed by atoms with Crippen LogP contribution in [0.4, 0.5) is 10.5 Å². The van der Waals surface area contributed by atoms with Crippen molar-refractivity contribution in [1.29, 1.82) is 0 Å². The Hall–Kier alpha value is -2.90. The molecule has 0 spiro atoms. The Morgan fingerprint density at radius 3 is 2.52 bits per heavy atom. The van der Waals surface area contributed by atoms with Crippen molar-refractivity contribution < 1.29 is 14.6 Å². The first kappa shape index (κ1) is 14.5. The molecule has 2 N–H and O–H groups in total. The third-order valence-corrected chi connectivity index (χ3v) is 2.73. The largest absolute Gasteiger partial charge is 0.480 e. The number of benzene rings is 1. The van der Waals surface area contributed by atoms with Crippen LogP contribution in [0.5, 0.6) is 0 Å². The molecule has 112 valence electrons. The zero-order valence-corrected chi connectivity index (χ0v) is 12.0. The number of hydrogen-bond acceptors (Lipinski definition) is 6. The van der Waals surface area contributed by atoms with Crippen LogP contribution in [0.25, 0.3) is 0 Å². The lowest BCUT2D eigenvalue weighted by molar-refractivity contribution is 0.135. The number of carbonyl (C=O) groups is 1. The number of nitrogens with zero attached hydrogens (tertiary/aromatic N) is 4. The molecule has 0 aromatic heterocycles. The fourth-order valence-corrected chi connectivity index (χ4v) is 1.69. The van der Waals surface area contributed by atoms with E-state index in [0.717, 1.165) is 10.2 Å². The topological polar surface area (TPSA) is 80.6 Å². The van der Waals surface area contributed by atoms with Crippen LogP contribution in [0.3, 0.4) is 0 Å². The van der Waals surface area contributed by atoms with Gasteiger partial charge in [-0.05, 0) is 12.1 Å². The van der Waals surface area contributed by atoms with E-state index in [2.05, 4.69) is 10.5 Å². The van der Waals surface area contributed by atoms with Gasteiger partial charge in [0, 0.05) is 20.2 Å². The SMILES string of the molecule is COC1=NN(N(C(=O)O)c2ccccc2)NC(N(C)C)=C1. The van der Waals surface area contributed by atoms with Gasteiger partial charge in [0.15, 0.2) is 0 Å². The lowest BCUT2D eigenvalue weighted by atomic mass is 10.3. The molecule has 1 aliphatic heterocycles. The van der Waals surface area contributed by atoms with E-state index in [4.69, 9.17) is 4.74 Å². The molecule has 0 bridgehead atoms. The summed E-state index contributed by atoms with van der Waals surface area (Å²) in [5.41, 5.74) is 3.35. The standard InChI is InChI=1S/C13H17N5O3/c1-16(2)11-9-12(21-3)15-18(14-11)17(13(19)20)10-7-5-4-6-8-10/h4-9,14H,1-3H3,(H,19,20). The quantitative estimate of drug-likeness (QED) is 0.873. The normalized spacial score (nSPS) is 13.8.